The molecule has 1 aromatic heterocycles. The molecular weight excluding hydrogens is 406 g/mol. The van der Waals surface area contributed by atoms with Crippen molar-refractivity contribution in [2.75, 3.05) is 18.6 Å². The molecule has 0 aliphatic rings. The van der Waals surface area contributed by atoms with Gasteiger partial charge in [-0.25, -0.2) is 4.79 Å². The number of thiophene rings is 1. The quantitative estimate of drug-likeness (QED) is 0.325. The summed E-state index contributed by atoms with van der Waals surface area (Å²) in [6, 6.07) is 26.3. The highest BCUT2D eigenvalue weighted by Crippen LogP contribution is 2.27. The molecule has 31 heavy (non-hydrogen) atoms. The van der Waals surface area contributed by atoms with Gasteiger partial charge in [0.1, 0.15) is 0 Å². The van der Waals surface area contributed by atoms with Crippen molar-refractivity contribution in [2.45, 2.75) is 0 Å². The summed E-state index contributed by atoms with van der Waals surface area (Å²) in [6.07, 6.45) is 0. The van der Waals surface area contributed by atoms with Gasteiger partial charge in [0.15, 0.2) is 0 Å². The van der Waals surface area contributed by atoms with Crippen LogP contribution in [0.2, 0.25) is 0 Å². The molecule has 0 aliphatic heterocycles. The largest absolute Gasteiger partial charge is 0.465 e. The van der Waals surface area contributed by atoms with Crippen LogP contribution in [0.15, 0.2) is 84.9 Å². The fourth-order valence-electron chi connectivity index (χ4n) is 3.14. The van der Waals surface area contributed by atoms with Gasteiger partial charge in [0.05, 0.1) is 24.1 Å². The lowest BCUT2D eigenvalue weighted by Crippen LogP contribution is -2.30. The molecule has 0 aliphatic carbocycles. The topological polar surface area (TPSA) is 46.6 Å². The average molecular weight is 426 g/mol. The predicted octanol–water partition coefficient (Wildman–Crippen LogP) is 5.39. The van der Waals surface area contributed by atoms with Crippen LogP contribution in [-0.4, -0.2) is 25.5 Å². The molecule has 0 saturated heterocycles. The Morgan fingerprint density at radius 1 is 0.935 bits per heavy atom. The SMILES string of the molecule is COC(=O)c1ccc(C#CCN(C(=O)c2cc3ccccc3s2)c2ccccc2)cc1. The molecule has 0 saturated carbocycles. The zero-order chi connectivity index (χ0) is 21.6. The van der Waals surface area contributed by atoms with Gasteiger partial charge >= 0.3 is 5.97 Å². The molecule has 4 aromatic rings. The molecule has 0 unspecified atom stereocenters. The molecular formula is C26H19NO3S. The summed E-state index contributed by atoms with van der Waals surface area (Å²) in [5.41, 5.74) is 2.02. The summed E-state index contributed by atoms with van der Waals surface area (Å²) < 4.78 is 5.79. The second-order valence-electron chi connectivity index (χ2n) is 6.75. The summed E-state index contributed by atoms with van der Waals surface area (Å²) in [7, 11) is 1.35. The van der Waals surface area contributed by atoms with E-state index >= 15 is 0 Å². The van der Waals surface area contributed by atoms with E-state index in [1.807, 2.05) is 60.7 Å². The molecule has 0 fully saturated rings. The number of hydrogen-bond acceptors (Lipinski definition) is 4. The van der Waals surface area contributed by atoms with Gasteiger partial charge in [0.2, 0.25) is 0 Å². The predicted molar refractivity (Wildman–Crippen MR) is 125 cm³/mol. The van der Waals surface area contributed by atoms with Crippen molar-refractivity contribution in [3.05, 3.63) is 101 Å². The van der Waals surface area contributed by atoms with E-state index in [1.54, 1.807) is 29.2 Å². The van der Waals surface area contributed by atoms with Gasteiger partial charge in [-0.1, -0.05) is 48.2 Å². The van der Waals surface area contributed by atoms with Gasteiger partial charge in [-0.3, -0.25) is 9.69 Å². The van der Waals surface area contributed by atoms with Crippen molar-refractivity contribution >= 4 is 39.0 Å². The van der Waals surface area contributed by atoms with E-state index in [0.717, 1.165) is 21.3 Å². The highest BCUT2D eigenvalue weighted by Gasteiger charge is 2.19. The van der Waals surface area contributed by atoms with Crippen LogP contribution in [-0.2, 0) is 4.74 Å². The van der Waals surface area contributed by atoms with E-state index in [0.29, 0.717) is 10.4 Å². The van der Waals surface area contributed by atoms with Crippen molar-refractivity contribution in [2.24, 2.45) is 0 Å². The standard InChI is InChI=1S/C26H19NO3S/c1-30-26(29)20-15-13-19(14-16-20)8-7-17-27(22-10-3-2-4-11-22)25(28)24-18-21-9-5-6-12-23(21)31-24/h2-6,9-16,18H,17H2,1H3. The number of hydrogen-bond donors (Lipinski definition) is 0. The highest BCUT2D eigenvalue weighted by molar-refractivity contribution is 7.20. The second-order valence-corrected chi connectivity index (χ2v) is 7.83. The third-order valence-electron chi connectivity index (χ3n) is 4.73. The van der Waals surface area contributed by atoms with Crippen LogP contribution in [0.25, 0.3) is 10.1 Å². The summed E-state index contributed by atoms with van der Waals surface area (Å²) in [4.78, 5) is 27.2. The molecule has 0 spiro atoms. The van der Waals surface area contributed by atoms with Crippen molar-refractivity contribution in [3.8, 4) is 11.8 Å². The van der Waals surface area contributed by atoms with Crippen molar-refractivity contribution < 1.29 is 14.3 Å². The van der Waals surface area contributed by atoms with Gasteiger partial charge in [0.25, 0.3) is 5.91 Å². The molecule has 4 rings (SSSR count). The third-order valence-corrected chi connectivity index (χ3v) is 5.83. The molecule has 5 heteroatoms. The molecule has 152 valence electrons. The van der Waals surface area contributed by atoms with E-state index in [4.69, 9.17) is 4.74 Å². The van der Waals surface area contributed by atoms with E-state index < -0.39 is 0 Å². The van der Waals surface area contributed by atoms with Crippen molar-refractivity contribution in [3.63, 3.8) is 0 Å². The molecule has 0 bridgehead atoms. The highest BCUT2D eigenvalue weighted by atomic mass is 32.1. The van der Waals surface area contributed by atoms with E-state index in [-0.39, 0.29) is 18.4 Å². The first-order chi connectivity index (χ1) is 15.2. The monoisotopic (exact) mass is 425 g/mol. The molecule has 0 N–H and O–H groups in total. The Labute approximate surface area is 184 Å². The Bertz CT molecular complexity index is 1250. The average Bonchev–Trinajstić information content (AvgIpc) is 3.26. The van der Waals surface area contributed by atoms with Crippen molar-refractivity contribution in [1.82, 2.24) is 0 Å². The number of nitrogens with zero attached hydrogens (tertiary/aromatic N) is 1. The van der Waals surface area contributed by atoms with Gasteiger partial charge < -0.3 is 4.74 Å². The maximum atomic E-state index is 13.3. The minimum absolute atomic E-state index is 0.0808. The van der Waals surface area contributed by atoms with Crippen LogP contribution in [0, 0.1) is 11.8 Å². The van der Waals surface area contributed by atoms with Crippen LogP contribution >= 0.6 is 11.3 Å². The van der Waals surface area contributed by atoms with Gasteiger partial charge in [-0.15, -0.1) is 11.3 Å². The molecule has 0 radical (unpaired) electrons. The Morgan fingerprint density at radius 3 is 2.35 bits per heavy atom. The number of carbonyl (C=O) groups is 2. The lowest BCUT2D eigenvalue weighted by molar-refractivity contribution is 0.0600. The third kappa shape index (κ3) is 4.66. The van der Waals surface area contributed by atoms with E-state index in [2.05, 4.69) is 11.8 Å². The fourth-order valence-corrected chi connectivity index (χ4v) is 4.15. The van der Waals surface area contributed by atoms with E-state index in [9.17, 15) is 9.59 Å². The number of esters is 1. The van der Waals surface area contributed by atoms with Crippen LogP contribution in [0.4, 0.5) is 5.69 Å². The number of methoxy groups -OCH3 is 1. The lowest BCUT2D eigenvalue weighted by Gasteiger charge is -2.19. The number of benzene rings is 3. The van der Waals surface area contributed by atoms with E-state index in [1.165, 1.54) is 18.4 Å². The zero-order valence-electron chi connectivity index (χ0n) is 16.9. The number of anilines is 1. The van der Waals surface area contributed by atoms with Gasteiger partial charge in [-0.05, 0) is 53.9 Å². The summed E-state index contributed by atoms with van der Waals surface area (Å²) in [5.74, 6) is 5.69. The van der Waals surface area contributed by atoms with Gasteiger partial charge in [-0.2, -0.15) is 0 Å². The first-order valence-corrected chi connectivity index (χ1v) is 10.5. The number of amides is 1. The Hall–Kier alpha value is -3.88. The summed E-state index contributed by atoms with van der Waals surface area (Å²) in [6.45, 7) is 0.246. The normalized spacial score (nSPS) is 10.2. The number of para-hydroxylation sites is 1. The maximum Gasteiger partial charge on any atom is 0.337 e. The maximum absolute atomic E-state index is 13.3. The summed E-state index contributed by atoms with van der Waals surface area (Å²) in [5, 5.41) is 1.06. The van der Waals surface area contributed by atoms with Crippen molar-refractivity contribution in [1.29, 1.82) is 0 Å². The number of carbonyl (C=O) groups excluding carboxylic acids is 2. The molecule has 0 atom stereocenters. The van der Waals surface area contributed by atoms with Crippen LogP contribution < -0.4 is 4.90 Å². The Kier molecular flexibility index (Phi) is 6.11. The molecule has 3 aromatic carbocycles. The number of fused-ring (bicyclic) bond motifs is 1. The molecule has 1 heterocycles. The Balaban J connectivity index is 1.59. The minimum Gasteiger partial charge on any atom is -0.465 e. The minimum atomic E-state index is -0.385. The first kappa shape index (κ1) is 20.4. The first-order valence-electron chi connectivity index (χ1n) is 9.68. The van der Waals surface area contributed by atoms with Crippen LogP contribution in [0.5, 0.6) is 0 Å². The van der Waals surface area contributed by atoms with Gasteiger partial charge in [0, 0.05) is 16.0 Å². The fraction of sp³-hybridized carbons (Fsp3) is 0.0769. The molecule has 1 amide bonds. The van der Waals surface area contributed by atoms with Crippen LogP contribution in [0.3, 0.4) is 0 Å². The Morgan fingerprint density at radius 2 is 1.65 bits per heavy atom. The number of ether oxygens (including phenoxy) is 1. The number of rotatable bonds is 4. The molecule has 4 nitrogen and oxygen atoms in total. The van der Waals surface area contributed by atoms with Crippen LogP contribution in [0.1, 0.15) is 25.6 Å². The zero-order valence-corrected chi connectivity index (χ0v) is 17.7. The smallest absolute Gasteiger partial charge is 0.337 e. The summed E-state index contributed by atoms with van der Waals surface area (Å²) >= 11 is 1.48. The lowest BCUT2D eigenvalue weighted by atomic mass is 10.1. The second kappa shape index (κ2) is 9.29.